The molecule has 0 bridgehead atoms. The predicted molar refractivity (Wildman–Crippen MR) is 83.5 cm³/mol. The van der Waals surface area contributed by atoms with E-state index in [-0.39, 0.29) is 11.3 Å². The van der Waals surface area contributed by atoms with Crippen LogP contribution in [0.3, 0.4) is 0 Å². The highest BCUT2D eigenvalue weighted by Gasteiger charge is 2.20. The Hall–Kier alpha value is -1.44. The molecule has 8 heteroatoms. The van der Waals surface area contributed by atoms with Crippen molar-refractivity contribution in [3.05, 3.63) is 15.7 Å². The molecule has 0 unspecified atom stereocenters. The van der Waals surface area contributed by atoms with Gasteiger partial charge in [0, 0.05) is 20.3 Å². The van der Waals surface area contributed by atoms with Crippen LogP contribution in [-0.4, -0.2) is 43.3 Å². The molecule has 0 amide bonds. The van der Waals surface area contributed by atoms with Gasteiger partial charge in [-0.3, -0.25) is 0 Å². The highest BCUT2D eigenvalue weighted by Crippen LogP contribution is 2.34. The number of aryl methyl sites for hydroxylation is 1. The average Bonchev–Trinajstić information content (AvgIpc) is 2.79. The van der Waals surface area contributed by atoms with Gasteiger partial charge in [-0.25, -0.2) is 14.8 Å². The van der Waals surface area contributed by atoms with Crippen molar-refractivity contribution in [3.8, 4) is 0 Å². The number of carbonyl (C=O) groups excluding carboxylic acids is 1. The van der Waals surface area contributed by atoms with E-state index in [2.05, 4.69) is 15.3 Å². The van der Waals surface area contributed by atoms with Crippen LogP contribution < -0.4 is 5.32 Å². The molecule has 0 aliphatic rings. The summed E-state index contributed by atoms with van der Waals surface area (Å²) in [7, 11) is 3.01. The Morgan fingerprint density at radius 3 is 2.81 bits per heavy atom. The lowest BCUT2D eigenvalue weighted by molar-refractivity contribution is 0.0605. The molecule has 0 saturated heterocycles. The summed E-state index contributed by atoms with van der Waals surface area (Å²) in [5.41, 5.74) is 0.799. The molecule has 0 radical (unpaired) electrons. The van der Waals surface area contributed by atoms with Gasteiger partial charge in [-0.1, -0.05) is 0 Å². The quantitative estimate of drug-likeness (QED) is 0.499. The van der Waals surface area contributed by atoms with E-state index in [1.54, 1.807) is 7.11 Å². The number of carbonyl (C=O) groups is 1. The third kappa shape index (κ3) is 3.42. The first kappa shape index (κ1) is 15.9. The highest BCUT2D eigenvalue weighted by molar-refractivity contribution is 7.20. The lowest BCUT2D eigenvalue weighted by atomic mass is 10.2. The van der Waals surface area contributed by atoms with Gasteiger partial charge in [-0.2, -0.15) is 0 Å². The van der Waals surface area contributed by atoms with E-state index < -0.39 is 0 Å². The fourth-order valence-electron chi connectivity index (χ4n) is 1.95. The van der Waals surface area contributed by atoms with E-state index in [1.807, 2.05) is 6.92 Å². The molecule has 0 saturated carbocycles. The van der Waals surface area contributed by atoms with Gasteiger partial charge >= 0.3 is 5.97 Å². The number of nitrogens with zero attached hydrogens (tertiary/aromatic N) is 2. The van der Waals surface area contributed by atoms with E-state index >= 15 is 0 Å². The second-order valence-corrected chi connectivity index (χ2v) is 5.68. The fraction of sp³-hybridized carbons (Fsp3) is 0.462. The maximum atomic E-state index is 11.8. The molecule has 2 aromatic heterocycles. The van der Waals surface area contributed by atoms with Gasteiger partial charge in [0.2, 0.25) is 5.28 Å². The maximum Gasteiger partial charge on any atom is 0.348 e. The van der Waals surface area contributed by atoms with Crippen molar-refractivity contribution in [1.29, 1.82) is 0 Å². The van der Waals surface area contributed by atoms with Gasteiger partial charge in [0.1, 0.15) is 15.5 Å². The third-order valence-corrected chi connectivity index (χ3v) is 4.29. The van der Waals surface area contributed by atoms with Gasteiger partial charge in [-0.15, -0.1) is 11.3 Å². The summed E-state index contributed by atoms with van der Waals surface area (Å²) in [5, 5.41) is 4.17. The van der Waals surface area contributed by atoms with Crippen molar-refractivity contribution >= 4 is 44.9 Å². The van der Waals surface area contributed by atoms with Crippen LogP contribution >= 0.6 is 22.9 Å². The molecule has 6 nitrogen and oxygen atoms in total. The lowest BCUT2D eigenvalue weighted by Gasteiger charge is -2.07. The lowest BCUT2D eigenvalue weighted by Crippen LogP contribution is -2.07. The molecule has 2 rings (SSSR count). The van der Waals surface area contributed by atoms with Gasteiger partial charge in [-0.05, 0) is 30.5 Å². The van der Waals surface area contributed by atoms with E-state index in [9.17, 15) is 4.79 Å². The zero-order valence-electron chi connectivity index (χ0n) is 12.0. The minimum absolute atomic E-state index is 0.148. The van der Waals surface area contributed by atoms with E-state index in [4.69, 9.17) is 21.1 Å². The zero-order valence-corrected chi connectivity index (χ0v) is 13.6. The summed E-state index contributed by atoms with van der Waals surface area (Å²) in [6, 6.07) is 0. The molecule has 0 aliphatic carbocycles. The Morgan fingerprint density at radius 2 is 2.14 bits per heavy atom. The summed E-state index contributed by atoms with van der Waals surface area (Å²) in [4.78, 5) is 21.4. The molecule has 1 N–H and O–H groups in total. The smallest absolute Gasteiger partial charge is 0.348 e. The summed E-state index contributed by atoms with van der Waals surface area (Å²) in [6.45, 7) is 3.20. The normalized spacial score (nSPS) is 10.9. The number of fused-ring (bicyclic) bond motifs is 1. The van der Waals surface area contributed by atoms with Crippen LogP contribution in [0.25, 0.3) is 10.2 Å². The average molecular weight is 330 g/mol. The Balaban J connectivity index is 2.39. The molecule has 2 aromatic rings. The van der Waals surface area contributed by atoms with Gasteiger partial charge in [0.05, 0.1) is 12.5 Å². The van der Waals surface area contributed by atoms with Crippen LogP contribution in [0.2, 0.25) is 5.28 Å². The van der Waals surface area contributed by atoms with E-state index in [0.717, 1.165) is 17.4 Å². The summed E-state index contributed by atoms with van der Waals surface area (Å²) in [6.07, 6.45) is 0.840. The first-order valence-corrected chi connectivity index (χ1v) is 7.55. The molecule has 114 valence electrons. The first-order chi connectivity index (χ1) is 10.1. The Morgan fingerprint density at radius 1 is 1.38 bits per heavy atom. The molecule has 0 spiro atoms. The van der Waals surface area contributed by atoms with Crippen LogP contribution in [0.5, 0.6) is 0 Å². The van der Waals surface area contributed by atoms with E-state index in [0.29, 0.717) is 28.7 Å². The molecule has 21 heavy (non-hydrogen) atoms. The number of thiophene rings is 1. The number of anilines is 1. The number of nitrogens with one attached hydrogen (secondary N) is 1. The number of hydrogen-bond acceptors (Lipinski definition) is 7. The molecular formula is C13H16ClN3O3S. The van der Waals surface area contributed by atoms with Crippen molar-refractivity contribution in [2.75, 3.05) is 32.7 Å². The number of rotatable bonds is 6. The third-order valence-electron chi connectivity index (χ3n) is 2.95. The molecular weight excluding hydrogens is 314 g/mol. The van der Waals surface area contributed by atoms with Crippen molar-refractivity contribution in [3.63, 3.8) is 0 Å². The monoisotopic (exact) mass is 329 g/mol. The van der Waals surface area contributed by atoms with Gasteiger partial charge < -0.3 is 14.8 Å². The number of hydrogen-bond donors (Lipinski definition) is 1. The van der Waals surface area contributed by atoms with Crippen molar-refractivity contribution < 1.29 is 14.3 Å². The SMILES string of the molecule is COCCCNc1nc(Cl)nc2sc(C(=O)OC)c(C)c12. The number of aromatic nitrogens is 2. The van der Waals surface area contributed by atoms with Crippen molar-refractivity contribution in [2.24, 2.45) is 0 Å². The minimum Gasteiger partial charge on any atom is -0.465 e. The van der Waals surface area contributed by atoms with Crippen LogP contribution in [0.4, 0.5) is 5.82 Å². The molecule has 0 fully saturated rings. The van der Waals surface area contributed by atoms with Gasteiger partial charge in [0.25, 0.3) is 0 Å². The molecule has 0 atom stereocenters. The van der Waals surface area contributed by atoms with Crippen LogP contribution in [-0.2, 0) is 9.47 Å². The Bertz CT molecular complexity index is 660. The number of ether oxygens (including phenoxy) is 2. The number of esters is 1. The largest absolute Gasteiger partial charge is 0.465 e. The van der Waals surface area contributed by atoms with Crippen LogP contribution in [0.15, 0.2) is 0 Å². The second kappa shape index (κ2) is 7.02. The first-order valence-electron chi connectivity index (χ1n) is 6.36. The molecule has 2 heterocycles. The summed E-state index contributed by atoms with van der Waals surface area (Å²) < 4.78 is 9.79. The minimum atomic E-state index is -0.378. The molecule has 0 aromatic carbocycles. The molecule has 0 aliphatic heterocycles. The topological polar surface area (TPSA) is 73.3 Å². The summed E-state index contributed by atoms with van der Waals surface area (Å²) >= 11 is 7.20. The van der Waals surface area contributed by atoms with Crippen LogP contribution in [0.1, 0.15) is 21.7 Å². The summed E-state index contributed by atoms with van der Waals surface area (Å²) in [5.74, 6) is 0.252. The zero-order chi connectivity index (χ0) is 15.4. The standard InChI is InChI=1S/C13H16ClN3O3S/c1-7-8-10(15-5-4-6-19-2)16-13(14)17-11(8)21-9(7)12(18)20-3/h4-6H2,1-3H3,(H,15,16,17). The van der Waals surface area contributed by atoms with Crippen molar-refractivity contribution in [1.82, 2.24) is 9.97 Å². The maximum absolute atomic E-state index is 11.8. The fourth-order valence-corrected chi connectivity index (χ4v) is 3.27. The van der Waals surface area contributed by atoms with E-state index in [1.165, 1.54) is 18.4 Å². The number of methoxy groups -OCH3 is 2. The highest BCUT2D eigenvalue weighted by atomic mass is 35.5. The predicted octanol–water partition coefficient (Wildman–Crippen LogP) is 2.89. The van der Waals surface area contributed by atoms with Crippen LogP contribution in [0, 0.1) is 6.92 Å². The van der Waals surface area contributed by atoms with Crippen molar-refractivity contribution in [2.45, 2.75) is 13.3 Å². The Labute approximate surface area is 131 Å². The Kier molecular flexibility index (Phi) is 5.33. The second-order valence-electron chi connectivity index (χ2n) is 4.34. The van der Waals surface area contributed by atoms with Gasteiger partial charge in [0.15, 0.2) is 0 Å². The number of halogens is 1.